The maximum atomic E-state index is 10.5. The van der Waals surface area contributed by atoms with E-state index in [1.54, 1.807) is 0 Å². The molecule has 24 heavy (non-hydrogen) atoms. The molecule has 3 heteroatoms. The summed E-state index contributed by atoms with van der Waals surface area (Å²) in [7, 11) is 0. The van der Waals surface area contributed by atoms with Crippen molar-refractivity contribution >= 4 is 17.7 Å². The number of carboxylic acid groups (broad SMARTS) is 1. The van der Waals surface area contributed by atoms with Crippen molar-refractivity contribution in [2.75, 3.05) is 5.75 Å². The average Bonchev–Trinajstić information content (AvgIpc) is 3.15. The third-order valence-corrected chi connectivity index (χ3v) is 7.54. The Kier molecular flexibility index (Phi) is 9.30. The minimum atomic E-state index is -0.674. The lowest BCUT2D eigenvalue weighted by Crippen LogP contribution is -2.24. The van der Waals surface area contributed by atoms with Crippen LogP contribution in [0.3, 0.4) is 0 Å². The number of aliphatic carboxylic acids is 1. The third kappa shape index (κ3) is 6.46. The number of rotatable bonds is 13. The molecule has 2 aliphatic rings. The topological polar surface area (TPSA) is 37.3 Å². The first kappa shape index (κ1) is 19.9. The van der Waals surface area contributed by atoms with E-state index in [0.29, 0.717) is 6.42 Å². The second-order valence-electron chi connectivity index (χ2n) is 7.74. The summed E-state index contributed by atoms with van der Waals surface area (Å²) in [6, 6.07) is 0. The van der Waals surface area contributed by atoms with E-state index in [4.69, 9.17) is 5.11 Å². The summed E-state index contributed by atoms with van der Waals surface area (Å²) in [5.41, 5.74) is 0. The molecule has 0 aromatic heterocycles. The van der Waals surface area contributed by atoms with Gasteiger partial charge in [-0.2, -0.15) is 11.8 Å². The van der Waals surface area contributed by atoms with Crippen LogP contribution in [0.2, 0.25) is 0 Å². The van der Waals surface area contributed by atoms with Crippen LogP contribution >= 0.6 is 11.8 Å². The molecule has 0 amide bonds. The molecule has 2 bridgehead atoms. The van der Waals surface area contributed by atoms with Gasteiger partial charge in [-0.05, 0) is 68.5 Å². The second-order valence-corrected chi connectivity index (χ2v) is 9.03. The SMILES string of the molecule is CCCCCCCS[C@@H]1[C@H]2CC[C@H](C2)[C@H]1CC=CCCCC(=O)O. The van der Waals surface area contributed by atoms with E-state index in [-0.39, 0.29) is 0 Å². The fourth-order valence-corrected chi connectivity index (χ4v) is 6.35. The van der Waals surface area contributed by atoms with Crippen LogP contribution in [0.5, 0.6) is 0 Å². The average molecular weight is 353 g/mol. The van der Waals surface area contributed by atoms with Gasteiger partial charge in [0.05, 0.1) is 0 Å². The molecule has 1 N–H and O–H groups in total. The lowest BCUT2D eigenvalue weighted by Gasteiger charge is -2.30. The molecule has 2 nitrogen and oxygen atoms in total. The summed E-state index contributed by atoms with van der Waals surface area (Å²) in [5.74, 6) is 3.53. The van der Waals surface area contributed by atoms with Crippen molar-refractivity contribution in [3.05, 3.63) is 12.2 Å². The number of hydrogen-bond acceptors (Lipinski definition) is 2. The Labute approximate surface area is 152 Å². The Morgan fingerprint density at radius 1 is 1.08 bits per heavy atom. The van der Waals surface area contributed by atoms with Gasteiger partial charge in [0.25, 0.3) is 0 Å². The van der Waals surface area contributed by atoms with E-state index >= 15 is 0 Å². The molecule has 2 fully saturated rings. The molecule has 2 rings (SSSR count). The molecule has 2 saturated carbocycles. The molecule has 2 aliphatic carbocycles. The normalized spacial score (nSPS) is 28.9. The predicted molar refractivity (Wildman–Crippen MR) is 105 cm³/mol. The van der Waals surface area contributed by atoms with E-state index in [1.165, 1.54) is 63.5 Å². The Hall–Kier alpha value is -0.440. The number of hydrogen-bond donors (Lipinski definition) is 1. The van der Waals surface area contributed by atoms with E-state index < -0.39 is 5.97 Å². The molecule has 0 saturated heterocycles. The van der Waals surface area contributed by atoms with Gasteiger partial charge in [-0.3, -0.25) is 4.79 Å². The van der Waals surface area contributed by atoms with Gasteiger partial charge < -0.3 is 5.11 Å². The minimum absolute atomic E-state index is 0.301. The number of carboxylic acids is 1. The van der Waals surface area contributed by atoms with Crippen LogP contribution in [0.4, 0.5) is 0 Å². The molecule has 0 aromatic carbocycles. The predicted octanol–water partition coefficient (Wildman–Crippen LogP) is 6.31. The van der Waals surface area contributed by atoms with Crippen LogP contribution in [0, 0.1) is 17.8 Å². The molecular formula is C21H36O2S. The first-order valence-corrected chi connectivity index (χ1v) is 11.3. The first-order valence-electron chi connectivity index (χ1n) is 10.2. The summed E-state index contributed by atoms with van der Waals surface area (Å²) in [5, 5.41) is 9.57. The summed E-state index contributed by atoms with van der Waals surface area (Å²) in [6.45, 7) is 2.28. The van der Waals surface area contributed by atoms with Gasteiger partial charge in [-0.1, -0.05) is 44.8 Å². The van der Waals surface area contributed by atoms with Gasteiger partial charge in [0, 0.05) is 11.7 Å². The minimum Gasteiger partial charge on any atom is -0.481 e. The van der Waals surface area contributed by atoms with Crippen molar-refractivity contribution in [1.29, 1.82) is 0 Å². The van der Waals surface area contributed by atoms with Crippen LogP contribution in [-0.4, -0.2) is 22.1 Å². The summed E-state index contributed by atoms with van der Waals surface area (Å²) in [6.07, 6.45) is 19.1. The Balaban J connectivity index is 1.65. The molecule has 138 valence electrons. The molecule has 0 aromatic rings. The van der Waals surface area contributed by atoms with Crippen LogP contribution in [0.15, 0.2) is 12.2 Å². The smallest absolute Gasteiger partial charge is 0.303 e. The molecule has 0 unspecified atom stereocenters. The van der Waals surface area contributed by atoms with Crippen LogP contribution in [0.1, 0.15) is 84.0 Å². The number of allylic oxidation sites excluding steroid dienone is 2. The lowest BCUT2D eigenvalue weighted by molar-refractivity contribution is -0.137. The van der Waals surface area contributed by atoms with E-state index in [0.717, 1.165) is 35.8 Å². The second kappa shape index (κ2) is 11.2. The maximum Gasteiger partial charge on any atom is 0.303 e. The van der Waals surface area contributed by atoms with Crippen molar-refractivity contribution in [3.63, 3.8) is 0 Å². The standard InChI is InChI=1S/C21H36O2S/c1-2-3-4-7-10-15-24-21-18-14-13-17(16-18)19(21)11-8-5-6-9-12-20(22)23/h5,8,17-19,21H,2-4,6-7,9-16H2,1H3,(H,22,23)/t17-,18+,19-,21-/m1/s1. The van der Waals surface area contributed by atoms with E-state index in [1.807, 2.05) is 0 Å². The van der Waals surface area contributed by atoms with E-state index in [9.17, 15) is 4.79 Å². The van der Waals surface area contributed by atoms with E-state index in [2.05, 4.69) is 30.8 Å². The number of carbonyl (C=O) groups is 1. The van der Waals surface area contributed by atoms with Crippen LogP contribution < -0.4 is 0 Å². The molecule has 0 radical (unpaired) electrons. The van der Waals surface area contributed by atoms with Crippen molar-refractivity contribution in [2.24, 2.45) is 17.8 Å². The van der Waals surface area contributed by atoms with Crippen LogP contribution in [0.25, 0.3) is 0 Å². The van der Waals surface area contributed by atoms with Crippen molar-refractivity contribution in [2.45, 2.75) is 89.2 Å². The molecule has 0 heterocycles. The van der Waals surface area contributed by atoms with Gasteiger partial charge in [0.1, 0.15) is 0 Å². The highest BCUT2D eigenvalue weighted by molar-refractivity contribution is 7.99. The zero-order chi connectivity index (χ0) is 17.2. The third-order valence-electron chi connectivity index (χ3n) is 5.90. The molecular weight excluding hydrogens is 316 g/mol. The first-order chi connectivity index (χ1) is 11.7. The van der Waals surface area contributed by atoms with Gasteiger partial charge >= 0.3 is 5.97 Å². The lowest BCUT2D eigenvalue weighted by atomic mass is 9.86. The molecule has 0 aliphatic heterocycles. The van der Waals surface area contributed by atoms with Crippen LogP contribution in [-0.2, 0) is 4.79 Å². The van der Waals surface area contributed by atoms with Crippen molar-refractivity contribution < 1.29 is 9.90 Å². The quantitative estimate of drug-likeness (QED) is 0.312. The van der Waals surface area contributed by atoms with Gasteiger partial charge in [0.15, 0.2) is 0 Å². The number of fused-ring (bicyclic) bond motifs is 2. The Bertz CT molecular complexity index is 393. The summed E-state index contributed by atoms with van der Waals surface area (Å²) >= 11 is 2.27. The summed E-state index contributed by atoms with van der Waals surface area (Å²) < 4.78 is 0. The van der Waals surface area contributed by atoms with Crippen molar-refractivity contribution in [3.8, 4) is 0 Å². The van der Waals surface area contributed by atoms with Crippen molar-refractivity contribution in [1.82, 2.24) is 0 Å². The largest absolute Gasteiger partial charge is 0.481 e. The highest BCUT2D eigenvalue weighted by Gasteiger charge is 2.46. The highest BCUT2D eigenvalue weighted by atomic mass is 32.2. The van der Waals surface area contributed by atoms with Gasteiger partial charge in [-0.25, -0.2) is 0 Å². The number of unbranched alkanes of at least 4 members (excludes halogenated alkanes) is 5. The fraction of sp³-hybridized carbons (Fsp3) is 0.857. The Morgan fingerprint density at radius 3 is 2.67 bits per heavy atom. The molecule has 4 atom stereocenters. The number of thioether (sulfide) groups is 1. The Morgan fingerprint density at radius 2 is 1.88 bits per heavy atom. The zero-order valence-corrected chi connectivity index (χ0v) is 16.2. The van der Waals surface area contributed by atoms with Gasteiger partial charge in [-0.15, -0.1) is 0 Å². The zero-order valence-electron chi connectivity index (χ0n) is 15.4. The molecule has 0 spiro atoms. The maximum absolute atomic E-state index is 10.5. The summed E-state index contributed by atoms with van der Waals surface area (Å²) in [4.78, 5) is 10.5. The van der Waals surface area contributed by atoms with Gasteiger partial charge in [0.2, 0.25) is 0 Å². The fourth-order valence-electron chi connectivity index (χ4n) is 4.61. The monoisotopic (exact) mass is 352 g/mol. The highest BCUT2D eigenvalue weighted by Crippen LogP contribution is 2.54.